The predicted molar refractivity (Wildman–Crippen MR) is 55.6 cm³/mol. The number of hydrogen-bond acceptors (Lipinski definition) is 4. The SMILES string of the molecule is O=[N+]([O-])C(=C1C=c2ccccc2=C1)[N+](=O)[O-]. The third-order valence-electron chi connectivity index (χ3n) is 2.22. The van der Waals surface area contributed by atoms with Crippen molar-refractivity contribution in [3.8, 4) is 0 Å². The summed E-state index contributed by atoms with van der Waals surface area (Å²) in [6.07, 6.45) is 2.88. The van der Waals surface area contributed by atoms with E-state index in [0.717, 1.165) is 10.4 Å². The summed E-state index contributed by atoms with van der Waals surface area (Å²) in [5.41, 5.74) is 0.0243. The molecule has 0 saturated heterocycles. The van der Waals surface area contributed by atoms with Crippen LogP contribution in [0.25, 0.3) is 12.2 Å². The molecular formula is C10H6N2O4. The van der Waals surface area contributed by atoms with E-state index in [1.165, 1.54) is 12.2 Å². The van der Waals surface area contributed by atoms with Gasteiger partial charge in [-0.3, -0.25) is 20.2 Å². The quantitative estimate of drug-likeness (QED) is 0.517. The maximum absolute atomic E-state index is 10.5. The largest absolute Gasteiger partial charge is 0.565 e. The van der Waals surface area contributed by atoms with Gasteiger partial charge in [0.15, 0.2) is 0 Å². The van der Waals surface area contributed by atoms with Gasteiger partial charge in [0.1, 0.15) is 15.4 Å². The lowest BCUT2D eigenvalue weighted by atomic mass is 10.3. The molecule has 0 N–H and O–H groups in total. The molecule has 0 radical (unpaired) electrons. The van der Waals surface area contributed by atoms with E-state index in [-0.39, 0.29) is 5.57 Å². The van der Waals surface area contributed by atoms with Gasteiger partial charge in [-0.05, 0) is 22.6 Å². The van der Waals surface area contributed by atoms with Gasteiger partial charge in [0, 0.05) is 0 Å². The molecule has 2 rings (SSSR count). The lowest BCUT2D eigenvalue weighted by molar-refractivity contribution is -0.616. The van der Waals surface area contributed by atoms with Gasteiger partial charge in [-0.1, -0.05) is 24.3 Å². The van der Waals surface area contributed by atoms with Crippen molar-refractivity contribution in [2.24, 2.45) is 0 Å². The van der Waals surface area contributed by atoms with Crippen molar-refractivity contribution in [1.29, 1.82) is 0 Å². The van der Waals surface area contributed by atoms with Crippen LogP contribution in [0.2, 0.25) is 0 Å². The number of hydrogen-bond donors (Lipinski definition) is 0. The summed E-state index contributed by atoms with van der Waals surface area (Å²) in [7, 11) is 0. The number of allylic oxidation sites excluding steroid dienone is 1. The number of benzene rings is 1. The van der Waals surface area contributed by atoms with Crippen LogP contribution in [0.1, 0.15) is 0 Å². The van der Waals surface area contributed by atoms with Gasteiger partial charge < -0.3 is 0 Å². The van der Waals surface area contributed by atoms with Gasteiger partial charge in [0.25, 0.3) is 0 Å². The minimum absolute atomic E-state index is 0.0243. The van der Waals surface area contributed by atoms with E-state index in [4.69, 9.17) is 0 Å². The van der Waals surface area contributed by atoms with E-state index < -0.39 is 15.7 Å². The third-order valence-corrected chi connectivity index (χ3v) is 2.22. The Balaban J connectivity index is 2.70. The summed E-state index contributed by atoms with van der Waals surface area (Å²) in [5.74, 6) is -0.990. The monoisotopic (exact) mass is 218 g/mol. The summed E-state index contributed by atoms with van der Waals surface area (Å²) in [4.78, 5) is 19.1. The molecule has 0 bridgehead atoms. The van der Waals surface area contributed by atoms with Crippen LogP contribution in [0.15, 0.2) is 35.7 Å². The Kier molecular flexibility index (Phi) is 2.24. The molecule has 16 heavy (non-hydrogen) atoms. The van der Waals surface area contributed by atoms with Crippen LogP contribution >= 0.6 is 0 Å². The summed E-state index contributed by atoms with van der Waals surface area (Å²) < 4.78 is 0. The van der Waals surface area contributed by atoms with Crippen molar-refractivity contribution in [3.63, 3.8) is 0 Å². The van der Waals surface area contributed by atoms with Gasteiger partial charge >= 0.3 is 5.82 Å². The fourth-order valence-corrected chi connectivity index (χ4v) is 1.56. The molecule has 0 atom stereocenters. The maximum atomic E-state index is 10.5. The minimum atomic E-state index is -0.990. The van der Waals surface area contributed by atoms with Crippen LogP contribution in [-0.4, -0.2) is 9.85 Å². The van der Waals surface area contributed by atoms with E-state index in [1.807, 2.05) is 0 Å². The molecule has 6 nitrogen and oxygen atoms in total. The molecule has 80 valence electrons. The van der Waals surface area contributed by atoms with Crippen LogP contribution in [0.4, 0.5) is 0 Å². The van der Waals surface area contributed by atoms with E-state index in [9.17, 15) is 20.2 Å². The first kappa shape index (κ1) is 10.0. The number of fused-ring (bicyclic) bond motifs is 1. The number of nitro groups is 2. The van der Waals surface area contributed by atoms with Gasteiger partial charge in [0.2, 0.25) is 0 Å². The standard InChI is InChI=1S/C10H6N2O4/c13-11(14)10(12(15)16)9-5-7-3-1-2-4-8(7)6-9/h1-6H. The molecule has 0 heterocycles. The topological polar surface area (TPSA) is 86.3 Å². The molecule has 0 amide bonds. The molecule has 0 fully saturated rings. The highest BCUT2D eigenvalue weighted by atomic mass is 16.7. The second-order valence-corrected chi connectivity index (χ2v) is 3.21. The van der Waals surface area contributed by atoms with E-state index in [2.05, 4.69) is 0 Å². The van der Waals surface area contributed by atoms with Crippen LogP contribution < -0.4 is 10.4 Å². The van der Waals surface area contributed by atoms with Crippen molar-refractivity contribution < 1.29 is 9.85 Å². The Morgan fingerprint density at radius 2 is 1.38 bits per heavy atom. The smallest absolute Gasteiger partial charge is 0.253 e. The average Bonchev–Trinajstić information content (AvgIpc) is 2.58. The molecule has 0 spiro atoms. The maximum Gasteiger partial charge on any atom is 0.565 e. The molecule has 0 saturated carbocycles. The van der Waals surface area contributed by atoms with Crippen LogP contribution in [0.5, 0.6) is 0 Å². The number of nitrogens with zero attached hydrogens (tertiary/aromatic N) is 2. The molecular weight excluding hydrogens is 212 g/mol. The Labute approximate surface area is 89.1 Å². The molecule has 1 aromatic rings. The first-order valence-electron chi connectivity index (χ1n) is 4.41. The molecule has 1 aliphatic rings. The highest BCUT2D eigenvalue weighted by Gasteiger charge is 2.30. The zero-order valence-corrected chi connectivity index (χ0v) is 7.99. The molecule has 0 aromatic heterocycles. The van der Waals surface area contributed by atoms with E-state index in [1.54, 1.807) is 24.3 Å². The van der Waals surface area contributed by atoms with Crippen molar-refractivity contribution in [2.45, 2.75) is 0 Å². The zero-order chi connectivity index (χ0) is 11.7. The van der Waals surface area contributed by atoms with Crippen LogP contribution in [0, 0.1) is 20.2 Å². The molecule has 0 aliphatic heterocycles. The fraction of sp³-hybridized carbons (Fsp3) is 0. The summed E-state index contributed by atoms with van der Waals surface area (Å²) in [6, 6.07) is 7.03. The molecule has 0 unspecified atom stereocenters. The van der Waals surface area contributed by atoms with Crippen LogP contribution in [-0.2, 0) is 0 Å². The van der Waals surface area contributed by atoms with Crippen molar-refractivity contribution in [2.75, 3.05) is 0 Å². The van der Waals surface area contributed by atoms with Crippen LogP contribution in [0.3, 0.4) is 0 Å². The third kappa shape index (κ3) is 1.56. The summed E-state index contributed by atoms with van der Waals surface area (Å²) in [6.45, 7) is 0. The summed E-state index contributed by atoms with van der Waals surface area (Å²) >= 11 is 0. The average molecular weight is 218 g/mol. The Bertz CT molecular complexity index is 577. The first-order chi connectivity index (χ1) is 7.59. The van der Waals surface area contributed by atoms with Gasteiger partial charge in [-0.25, -0.2) is 0 Å². The fourth-order valence-electron chi connectivity index (χ4n) is 1.56. The minimum Gasteiger partial charge on any atom is -0.253 e. The molecule has 1 aliphatic carbocycles. The Morgan fingerprint density at radius 1 is 0.938 bits per heavy atom. The Hall–Kier alpha value is -2.50. The lowest BCUT2D eigenvalue weighted by Crippen LogP contribution is -2.19. The van der Waals surface area contributed by atoms with Gasteiger partial charge in [-0.2, -0.15) is 0 Å². The second-order valence-electron chi connectivity index (χ2n) is 3.21. The zero-order valence-electron chi connectivity index (χ0n) is 7.99. The Morgan fingerprint density at radius 3 is 1.75 bits per heavy atom. The van der Waals surface area contributed by atoms with Gasteiger partial charge in [0.05, 0.1) is 0 Å². The normalized spacial score (nSPS) is 12.4. The predicted octanol–water partition coefficient (Wildman–Crippen LogP) is 0.0262. The van der Waals surface area contributed by atoms with E-state index in [0.29, 0.717) is 0 Å². The molecule has 1 aromatic carbocycles. The highest BCUT2D eigenvalue weighted by Crippen LogP contribution is 2.11. The molecule has 6 heteroatoms. The second kappa shape index (κ2) is 3.58. The van der Waals surface area contributed by atoms with E-state index >= 15 is 0 Å². The highest BCUT2D eigenvalue weighted by molar-refractivity contribution is 5.71. The first-order valence-corrected chi connectivity index (χ1v) is 4.41. The van der Waals surface area contributed by atoms with Crippen molar-refractivity contribution >= 4 is 12.2 Å². The van der Waals surface area contributed by atoms with Crippen molar-refractivity contribution in [1.82, 2.24) is 0 Å². The van der Waals surface area contributed by atoms with Crippen molar-refractivity contribution in [3.05, 3.63) is 66.3 Å². The lowest BCUT2D eigenvalue weighted by Gasteiger charge is -1.88. The summed E-state index contributed by atoms with van der Waals surface area (Å²) in [5, 5.41) is 22.6. The van der Waals surface area contributed by atoms with Gasteiger partial charge in [-0.15, -0.1) is 0 Å². The number of rotatable bonds is 2.